The molecule has 1 unspecified atom stereocenters. The van der Waals surface area contributed by atoms with Crippen LogP contribution >= 0.6 is 22.9 Å². The summed E-state index contributed by atoms with van der Waals surface area (Å²) in [5.41, 5.74) is 1.65. The number of urea groups is 1. The number of anilines is 1. The number of nitrogens with zero attached hydrogens (tertiary/aromatic N) is 3. The standard InChI is InChI=1S/C18H17ClN4O2S/c19-14-3-5-15(6-4-14)20-18(24)23-8-1-2-12(10-23)16-21-22-17(25-16)13-7-9-26-11-13/h3-7,9,11-12H,1-2,8,10H2,(H,20,24). The number of nitrogens with one attached hydrogen (secondary N) is 1. The van der Waals surface area contributed by atoms with Crippen LogP contribution in [0.25, 0.3) is 11.5 Å². The summed E-state index contributed by atoms with van der Waals surface area (Å²) < 4.78 is 5.84. The molecule has 8 heteroatoms. The third-order valence-electron chi connectivity index (χ3n) is 4.36. The van der Waals surface area contributed by atoms with Crippen LogP contribution in [0.1, 0.15) is 24.7 Å². The fourth-order valence-electron chi connectivity index (χ4n) is 3.00. The summed E-state index contributed by atoms with van der Waals surface area (Å²) in [6, 6.07) is 8.89. The van der Waals surface area contributed by atoms with E-state index in [4.69, 9.17) is 16.0 Å². The average molecular weight is 389 g/mol. The zero-order chi connectivity index (χ0) is 17.9. The second kappa shape index (κ2) is 7.47. The second-order valence-electron chi connectivity index (χ2n) is 6.18. The van der Waals surface area contributed by atoms with Crippen molar-refractivity contribution in [1.29, 1.82) is 0 Å². The first kappa shape index (κ1) is 17.1. The monoisotopic (exact) mass is 388 g/mol. The van der Waals surface area contributed by atoms with Crippen molar-refractivity contribution < 1.29 is 9.21 Å². The average Bonchev–Trinajstić information content (AvgIpc) is 3.35. The number of likely N-dealkylation sites (tertiary alicyclic amines) is 1. The van der Waals surface area contributed by atoms with Gasteiger partial charge in [0.15, 0.2) is 0 Å². The van der Waals surface area contributed by atoms with Crippen LogP contribution in [0.4, 0.5) is 10.5 Å². The lowest BCUT2D eigenvalue weighted by Crippen LogP contribution is -2.41. The van der Waals surface area contributed by atoms with Gasteiger partial charge in [-0.2, -0.15) is 11.3 Å². The molecule has 0 bridgehead atoms. The highest BCUT2D eigenvalue weighted by Crippen LogP contribution is 2.29. The Morgan fingerprint density at radius 2 is 2.12 bits per heavy atom. The van der Waals surface area contributed by atoms with Crippen LogP contribution in [0, 0.1) is 0 Å². The van der Waals surface area contributed by atoms with Crippen molar-refractivity contribution in [2.75, 3.05) is 18.4 Å². The van der Waals surface area contributed by atoms with E-state index < -0.39 is 0 Å². The summed E-state index contributed by atoms with van der Waals surface area (Å²) in [6.07, 6.45) is 1.82. The Morgan fingerprint density at radius 1 is 1.27 bits per heavy atom. The predicted molar refractivity (Wildman–Crippen MR) is 102 cm³/mol. The summed E-state index contributed by atoms with van der Waals surface area (Å²) >= 11 is 7.47. The Hall–Kier alpha value is -2.38. The van der Waals surface area contributed by atoms with Gasteiger partial charge in [-0.25, -0.2) is 4.79 Å². The summed E-state index contributed by atoms with van der Waals surface area (Å²) in [5, 5.41) is 15.8. The molecule has 3 heterocycles. The molecule has 0 radical (unpaired) electrons. The lowest BCUT2D eigenvalue weighted by atomic mass is 9.98. The minimum Gasteiger partial charge on any atom is -0.420 e. The lowest BCUT2D eigenvalue weighted by molar-refractivity contribution is 0.187. The molecule has 0 aliphatic carbocycles. The highest BCUT2D eigenvalue weighted by atomic mass is 35.5. The summed E-state index contributed by atoms with van der Waals surface area (Å²) in [5.74, 6) is 1.18. The van der Waals surface area contributed by atoms with Crippen molar-refractivity contribution in [1.82, 2.24) is 15.1 Å². The van der Waals surface area contributed by atoms with Gasteiger partial charge in [0, 0.05) is 34.7 Å². The normalized spacial score (nSPS) is 17.3. The van der Waals surface area contributed by atoms with Gasteiger partial charge in [0.2, 0.25) is 11.8 Å². The lowest BCUT2D eigenvalue weighted by Gasteiger charge is -2.31. The van der Waals surface area contributed by atoms with Crippen LogP contribution in [0.15, 0.2) is 45.5 Å². The maximum Gasteiger partial charge on any atom is 0.321 e. The van der Waals surface area contributed by atoms with Crippen LogP contribution in [0.3, 0.4) is 0 Å². The van der Waals surface area contributed by atoms with E-state index in [1.807, 2.05) is 16.8 Å². The van der Waals surface area contributed by atoms with Gasteiger partial charge in [-0.05, 0) is 48.6 Å². The topological polar surface area (TPSA) is 71.3 Å². The van der Waals surface area contributed by atoms with Crippen molar-refractivity contribution in [3.63, 3.8) is 0 Å². The number of carbonyl (C=O) groups is 1. The first-order valence-electron chi connectivity index (χ1n) is 8.36. The molecule has 2 amide bonds. The molecule has 0 saturated carbocycles. The number of halogens is 1. The zero-order valence-corrected chi connectivity index (χ0v) is 15.5. The van der Waals surface area contributed by atoms with E-state index in [0.717, 1.165) is 24.1 Å². The molecule has 1 aliphatic rings. The van der Waals surface area contributed by atoms with E-state index in [0.29, 0.717) is 29.9 Å². The minimum atomic E-state index is -0.130. The molecule has 1 saturated heterocycles. The van der Waals surface area contributed by atoms with Gasteiger partial charge in [0.05, 0.1) is 5.92 Å². The number of rotatable bonds is 3. The maximum atomic E-state index is 12.5. The molecule has 1 aromatic carbocycles. The van der Waals surface area contributed by atoms with Gasteiger partial charge in [0.25, 0.3) is 0 Å². The van der Waals surface area contributed by atoms with Gasteiger partial charge >= 0.3 is 6.03 Å². The number of hydrogen-bond acceptors (Lipinski definition) is 5. The minimum absolute atomic E-state index is 0.0552. The molecule has 134 valence electrons. The zero-order valence-electron chi connectivity index (χ0n) is 13.9. The van der Waals surface area contributed by atoms with E-state index in [1.54, 1.807) is 40.5 Å². The Balaban J connectivity index is 1.42. The molecule has 1 fully saturated rings. The van der Waals surface area contributed by atoms with Crippen molar-refractivity contribution >= 4 is 34.7 Å². The molecule has 6 nitrogen and oxygen atoms in total. The quantitative estimate of drug-likeness (QED) is 0.695. The molecule has 1 N–H and O–H groups in total. The number of thiophene rings is 1. The van der Waals surface area contributed by atoms with E-state index >= 15 is 0 Å². The van der Waals surface area contributed by atoms with E-state index in [-0.39, 0.29) is 11.9 Å². The number of benzene rings is 1. The Morgan fingerprint density at radius 3 is 2.88 bits per heavy atom. The van der Waals surface area contributed by atoms with Crippen molar-refractivity contribution in [2.45, 2.75) is 18.8 Å². The van der Waals surface area contributed by atoms with Crippen molar-refractivity contribution in [3.8, 4) is 11.5 Å². The highest BCUT2D eigenvalue weighted by Gasteiger charge is 2.28. The van der Waals surface area contributed by atoms with Crippen LogP contribution in [0.5, 0.6) is 0 Å². The van der Waals surface area contributed by atoms with Crippen LogP contribution in [0.2, 0.25) is 5.02 Å². The molecule has 1 atom stereocenters. The molecule has 1 aliphatic heterocycles. The van der Waals surface area contributed by atoms with Crippen molar-refractivity contribution in [2.24, 2.45) is 0 Å². The van der Waals surface area contributed by atoms with E-state index in [1.165, 1.54) is 0 Å². The van der Waals surface area contributed by atoms with Crippen LogP contribution < -0.4 is 5.32 Å². The second-order valence-corrected chi connectivity index (χ2v) is 7.40. The number of aromatic nitrogens is 2. The number of piperidine rings is 1. The first-order chi connectivity index (χ1) is 12.7. The Labute approximate surface area is 159 Å². The third-order valence-corrected chi connectivity index (χ3v) is 5.30. The van der Waals surface area contributed by atoms with E-state index in [2.05, 4.69) is 15.5 Å². The number of carbonyl (C=O) groups excluding carboxylic acids is 1. The van der Waals surface area contributed by atoms with E-state index in [9.17, 15) is 4.79 Å². The molecule has 0 spiro atoms. The highest BCUT2D eigenvalue weighted by molar-refractivity contribution is 7.08. The summed E-state index contributed by atoms with van der Waals surface area (Å²) in [6.45, 7) is 1.27. The molecule has 4 rings (SSSR count). The van der Waals surface area contributed by atoms with Crippen LogP contribution in [-0.2, 0) is 0 Å². The maximum absolute atomic E-state index is 12.5. The number of amides is 2. The largest absolute Gasteiger partial charge is 0.420 e. The number of hydrogen-bond donors (Lipinski definition) is 1. The molecular formula is C18H17ClN4O2S. The smallest absolute Gasteiger partial charge is 0.321 e. The Bertz CT molecular complexity index is 879. The van der Waals surface area contributed by atoms with Gasteiger partial charge in [0.1, 0.15) is 0 Å². The summed E-state index contributed by atoms with van der Waals surface area (Å²) in [4.78, 5) is 14.3. The van der Waals surface area contributed by atoms with Crippen molar-refractivity contribution in [3.05, 3.63) is 52.0 Å². The predicted octanol–water partition coefficient (Wildman–Crippen LogP) is 4.86. The third kappa shape index (κ3) is 3.73. The molecule has 2 aromatic heterocycles. The first-order valence-corrected chi connectivity index (χ1v) is 9.68. The molecule has 3 aromatic rings. The van der Waals surface area contributed by atoms with Gasteiger partial charge in [-0.1, -0.05) is 11.6 Å². The van der Waals surface area contributed by atoms with Gasteiger partial charge in [-0.15, -0.1) is 10.2 Å². The van der Waals surface area contributed by atoms with Gasteiger partial charge in [-0.3, -0.25) is 0 Å². The Kier molecular flexibility index (Phi) is 4.90. The fraction of sp³-hybridized carbons (Fsp3) is 0.278. The summed E-state index contributed by atoms with van der Waals surface area (Å²) in [7, 11) is 0. The SMILES string of the molecule is O=C(Nc1ccc(Cl)cc1)N1CCCC(c2nnc(-c3ccsc3)o2)C1. The molecule has 26 heavy (non-hydrogen) atoms. The fourth-order valence-corrected chi connectivity index (χ4v) is 3.76. The van der Waals surface area contributed by atoms with Gasteiger partial charge < -0.3 is 14.6 Å². The van der Waals surface area contributed by atoms with Crippen LogP contribution in [-0.4, -0.2) is 34.2 Å². The molecular weight excluding hydrogens is 372 g/mol.